The van der Waals surface area contributed by atoms with Crippen molar-refractivity contribution in [1.29, 1.82) is 0 Å². The fraction of sp³-hybridized carbons (Fsp3) is 0.167. The van der Waals surface area contributed by atoms with Crippen LogP contribution in [0.4, 0.5) is 5.00 Å². The summed E-state index contributed by atoms with van der Waals surface area (Å²) in [6, 6.07) is 17.5. The second-order valence-electron chi connectivity index (χ2n) is 7.28. The van der Waals surface area contributed by atoms with E-state index in [1.54, 1.807) is 37.3 Å². The first kappa shape index (κ1) is 23.8. The summed E-state index contributed by atoms with van der Waals surface area (Å²) in [7, 11) is 0. The minimum atomic E-state index is -1.11. The Bertz CT molecular complexity index is 1320. The number of rotatable bonds is 8. The zero-order chi connectivity index (χ0) is 24.8. The van der Waals surface area contributed by atoms with Gasteiger partial charge in [0.15, 0.2) is 6.10 Å². The first-order valence-electron chi connectivity index (χ1n) is 10.7. The molecule has 0 aliphatic carbocycles. The van der Waals surface area contributed by atoms with Crippen LogP contribution in [0.1, 0.15) is 34.6 Å². The fourth-order valence-corrected chi connectivity index (χ4v) is 4.17. The molecule has 0 saturated heterocycles. The van der Waals surface area contributed by atoms with Gasteiger partial charge >= 0.3 is 11.9 Å². The highest BCUT2D eigenvalue weighted by atomic mass is 32.1. The van der Waals surface area contributed by atoms with Gasteiger partial charge in [-0.05, 0) is 60.2 Å². The van der Waals surface area contributed by atoms with Gasteiger partial charge in [0.05, 0.1) is 23.4 Å². The highest BCUT2D eigenvalue weighted by Gasteiger charge is 2.24. The van der Waals surface area contributed by atoms with Crippen LogP contribution in [0.5, 0.6) is 0 Å². The largest absolute Gasteiger partial charge is 0.462 e. The smallest absolute Gasteiger partial charge is 0.341 e. The van der Waals surface area contributed by atoms with Crippen molar-refractivity contribution >= 4 is 34.2 Å². The predicted molar refractivity (Wildman–Crippen MR) is 128 cm³/mol. The molecule has 4 aromatic rings. The Hall–Kier alpha value is -4.38. The van der Waals surface area contributed by atoms with E-state index >= 15 is 0 Å². The number of anilines is 1. The van der Waals surface area contributed by atoms with E-state index in [0.29, 0.717) is 10.7 Å². The highest BCUT2D eigenvalue weighted by Crippen LogP contribution is 2.36. The van der Waals surface area contributed by atoms with Gasteiger partial charge in [-0.1, -0.05) is 30.3 Å². The monoisotopic (exact) mass is 491 g/mol. The van der Waals surface area contributed by atoms with Gasteiger partial charge in [0, 0.05) is 4.88 Å². The lowest BCUT2D eigenvalue weighted by Gasteiger charge is -2.13. The number of hydrogen-bond acceptors (Lipinski definition) is 9. The lowest BCUT2D eigenvalue weighted by molar-refractivity contribution is -0.123. The molecular weight excluding hydrogens is 470 g/mol. The molecule has 0 bridgehead atoms. The lowest BCUT2D eigenvalue weighted by Crippen LogP contribution is -2.30. The molecule has 0 fully saturated rings. The van der Waals surface area contributed by atoms with Gasteiger partial charge in [-0.25, -0.2) is 14.3 Å². The second kappa shape index (κ2) is 10.7. The van der Waals surface area contributed by atoms with Crippen LogP contribution in [-0.4, -0.2) is 50.8 Å². The van der Waals surface area contributed by atoms with E-state index in [0.717, 1.165) is 10.4 Å². The number of tetrazole rings is 1. The third kappa shape index (κ3) is 5.58. The van der Waals surface area contributed by atoms with Crippen LogP contribution in [-0.2, 0) is 14.3 Å². The molecule has 1 atom stereocenters. The first-order chi connectivity index (χ1) is 17.0. The van der Waals surface area contributed by atoms with Gasteiger partial charge < -0.3 is 14.8 Å². The molecule has 0 aliphatic heterocycles. The van der Waals surface area contributed by atoms with Crippen molar-refractivity contribution in [2.24, 2.45) is 0 Å². The van der Waals surface area contributed by atoms with E-state index in [9.17, 15) is 14.4 Å². The van der Waals surface area contributed by atoms with Gasteiger partial charge in [-0.2, -0.15) is 0 Å². The van der Waals surface area contributed by atoms with E-state index < -0.39 is 23.9 Å². The number of carbonyl (C=O) groups is 3. The predicted octanol–water partition coefficient (Wildman–Crippen LogP) is 3.75. The van der Waals surface area contributed by atoms with Gasteiger partial charge in [0.2, 0.25) is 0 Å². The van der Waals surface area contributed by atoms with Crippen LogP contribution >= 0.6 is 11.3 Å². The first-order valence-corrected chi connectivity index (χ1v) is 11.5. The molecule has 0 radical (unpaired) electrons. The van der Waals surface area contributed by atoms with E-state index in [4.69, 9.17) is 9.47 Å². The van der Waals surface area contributed by atoms with Gasteiger partial charge in [-0.3, -0.25) is 4.79 Å². The Kier molecular flexibility index (Phi) is 7.27. The maximum absolute atomic E-state index is 12.8. The minimum absolute atomic E-state index is 0.197. The maximum Gasteiger partial charge on any atom is 0.341 e. The average Bonchev–Trinajstić information content (AvgIpc) is 3.55. The molecule has 0 unspecified atom stereocenters. The number of aromatic nitrogens is 4. The number of nitrogens with zero attached hydrogens (tertiary/aromatic N) is 4. The molecule has 0 spiro atoms. The van der Waals surface area contributed by atoms with E-state index in [1.165, 1.54) is 29.3 Å². The van der Waals surface area contributed by atoms with Crippen molar-refractivity contribution < 1.29 is 23.9 Å². The molecule has 4 rings (SSSR count). The third-order valence-electron chi connectivity index (χ3n) is 4.89. The summed E-state index contributed by atoms with van der Waals surface area (Å²) in [6.45, 7) is 3.36. The molecule has 10 nitrogen and oxygen atoms in total. The number of esters is 2. The Morgan fingerprint density at radius 2 is 1.80 bits per heavy atom. The van der Waals surface area contributed by atoms with Gasteiger partial charge in [-0.15, -0.1) is 16.4 Å². The molecule has 35 heavy (non-hydrogen) atoms. The molecule has 2 heterocycles. The van der Waals surface area contributed by atoms with Crippen LogP contribution in [0, 0.1) is 0 Å². The van der Waals surface area contributed by atoms with Crippen LogP contribution in [0.2, 0.25) is 0 Å². The van der Waals surface area contributed by atoms with Crippen molar-refractivity contribution in [2.45, 2.75) is 20.0 Å². The van der Waals surface area contributed by atoms with Crippen LogP contribution in [0.15, 0.2) is 67.0 Å². The van der Waals surface area contributed by atoms with Crippen LogP contribution < -0.4 is 5.32 Å². The lowest BCUT2D eigenvalue weighted by atomic mass is 10.1. The van der Waals surface area contributed by atoms with Gasteiger partial charge in [0.25, 0.3) is 5.91 Å². The maximum atomic E-state index is 12.8. The summed E-state index contributed by atoms with van der Waals surface area (Å²) in [4.78, 5) is 38.6. The summed E-state index contributed by atoms with van der Waals surface area (Å²) in [5, 5.41) is 13.9. The van der Waals surface area contributed by atoms with E-state index in [-0.39, 0.29) is 17.7 Å². The Morgan fingerprint density at radius 3 is 2.46 bits per heavy atom. The zero-order valence-corrected chi connectivity index (χ0v) is 19.7. The van der Waals surface area contributed by atoms with E-state index in [2.05, 4.69) is 20.8 Å². The number of carbonyl (C=O) groups excluding carboxylic acids is 3. The average molecular weight is 492 g/mol. The number of hydrogen-bond donors (Lipinski definition) is 1. The zero-order valence-electron chi connectivity index (χ0n) is 18.9. The topological polar surface area (TPSA) is 125 Å². The van der Waals surface area contributed by atoms with Crippen molar-refractivity contribution in [2.75, 3.05) is 11.9 Å². The third-order valence-corrected chi connectivity index (χ3v) is 5.99. The second-order valence-corrected chi connectivity index (χ2v) is 8.33. The van der Waals surface area contributed by atoms with Crippen LogP contribution in [0.25, 0.3) is 16.1 Å². The number of amides is 1. The van der Waals surface area contributed by atoms with Crippen molar-refractivity contribution in [3.63, 3.8) is 0 Å². The van der Waals surface area contributed by atoms with E-state index in [1.807, 2.05) is 30.3 Å². The SMILES string of the molecule is CCOC(=O)c1cc(-c2ccccc2)sc1NC(=O)[C@@H](C)OC(=O)c1ccc(-n2cnnn2)cc1. The molecular formula is C24H21N5O5S. The molecule has 11 heteroatoms. The fourth-order valence-electron chi connectivity index (χ4n) is 3.11. The summed E-state index contributed by atoms with van der Waals surface area (Å²) in [5.74, 6) is -1.79. The summed E-state index contributed by atoms with van der Waals surface area (Å²) >= 11 is 1.24. The highest BCUT2D eigenvalue weighted by molar-refractivity contribution is 7.20. The molecule has 1 N–H and O–H groups in total. The number of benzene rings is 2. The quantitative estimate of drug-likeness (QED) is 0.370. The molecule has 0 aliphatic rings. The van der Waals surface area contributed by atoms with Crippen molar-refractivity contribution in [3.05, 3.63) is 78.1 Å². The standard InChI is InChI=1S/C24H21N5O5S/c1-3-33-24(32)19-13-20(16-7-5-4-6-8-16)35-22(19)26-21(30)15(2)34-23(31)17-9-11-18(12-10-17)29-14-25-27-28-29/h4-15H,3H2,1-2H3,(H,26,30)/t15-/m1/s1. The molecule has 0 saturated carbocycles. The molecule has 2 aromatic carbocycles. The normalized spacial score (nSPS) is 11.5. The van der Waals surface area contributed by atoms with Crippen molar-refractivity contribution in [1.82, 2.24) is 20.2 Å². The van der Waals surface area contributed by atoms with Crippen LogP contribution in [0.3, 0.4) is 0 Å². The minimum Gasteiger partial charge on any atom is -0.462 e. The Balaban J connectivity index is 1.46. The number of thiophene rings is 1. The Morgan fingerprint density at radius 1 is 1.06 bits per heavy atom. The summed E-state index contributed by atoms with van der Waals surface area (Å²) in [5.41, 5.74) is 2.06. The Labute approximate surface area is 204 Å². The van der Waals surface area contributed by atoms with Crippen molar-refractivity contribution in [3.8, 4) is 16.1 Å². The van der Waals surface area contributed by atoms with Gasteiger partial charge in [0.1, 0.15) is 11.3 Å². The molecule has 1 amide bonds. The summed E-state index contributed by atoms with van der Waals surface area (Å²) < 4.78 is 11.9. The number of nitrogens with one attached hydrogen (secondary N) is 1. The number of ether oxygens (including phenoxy) is 2. The molecule has 178 valence electrons. The molecule has 2 aromatic heterocycles. The summed E-state index contributed by atoms with van der Waals surface area (Å²) in [6.07, 6.45) is 0.317.